The van der Waals surface area contributed by atoms with Gasteiger partial charge < -0.3 is 10.0 Å². The van der Waals surface area contributed by atoms with Crippen molar-refractivity contribution >= 4 is 45.2 Å². The smallest absolute Gasteiger partial charge is 0.279 e. The molecule has 0 bridgehead atoms. The molecule has 0 saturated heterocycles. The van der Waals surface area contributed by atoms with Gasteiger partial charge in [-0.05, 0) is 48.4 Å². The minimum atomic E-state index is -0.349. The SMILES string of the molecule is CCc1ccc2c(c1)=C(c1sc(N(C)c3ccc(Cl)cc3)nc1O)C(=O)N=2. The normalized spacial score (nSPS) is 12.9. The molecule has 136 valence electrons. The third-order valence-electron chi connectivity index (χ3n) is 4.50. The Balaban J connectivity index is 1.83. The number of carbonyl (C=O) groups is 1. The van der Waals surface area contributed by atoms with Gasteiger partial charge in [-0.1, -0.05) is 35.9 Å². The lowest BCUT2D eigenvalue weighted by Crippen LogP contribution is -2.23. The number of aromatic nitrogens is 1. The van der Waals surface area contributed by atoms with Crippen molar-refractivity contribution in [1.82, 2.24) is 4.98 Å². The number of amides is 1. The maximum absolute atomic E-state index is 12.5. The molecule has 7 heteroatoms. The number of aryl methyl sites for hydroxylation is 1. The summed E-state index contributed by atoms with van der Waals surface area (Å²) < 4.78 is 0. The number of halogens is 1. The molecular formula is C20H16ClN3O2S. The summed E-state index contributed by atoms with van der Waals surface area (Å²) in [6.45, 7) is 2.05. The zero-order chi connectivity index (χ0) is 19.1. The predicted octanol–water partition coefficient (Wildman–Crippen LogP) is 3.19. The summed E-state index contributed by atoms with van der Waals surface area (Å²) in [5, 5.41) is 13.0. The van der Waals surface area contributed by atoms with Gasteiger partial charge in [0.1, 0.15) is 4.88 Å². The molecule has 0 radical (unpaired) electrons. The van der Waals surface area contributed by atoms with Crippen LogP contribution in [-0.4, -0.2) is 23.0 Å². The number of carbonyl (C=O) groups excluding carboxylic acids is 1. The van der Waals surface area contributed by atoms with Gasteiger partial charge in [-0.15, -0.1) is 0 Å². The van der Waals surface area contributed by atoms with E-state index >= 15 is 0 Å². The van der Waals surface area contributed by atoms with Crippen molar-refractivity contribution in [2.45, 2.75) is 13.3 Å². The number of aromatic hydroxyl groups is 1. The molecule has 0 unspecified atom stereocenters. The number of hydrogen-bond acceptors (Lipinski definition) is 5. The summed E-state index contributed by atoms with van der Waals surface area (Å²) in [4.78, 5) is 23.1. The minimum Gasteiger partial charge on any atom is -0.492 e. The van der Waals surface area contributed by atoms with Crippen LogP contribution in [0.15, 0.2) is 47.5 Å². The number of fused-ring (bicyclic) bond motifs is 1. The van der Waals surface area contributed by atoms with E-state index < -0.39 is 0 Å². The van der Waals surface area contributed by atoms with Crippen LogP contribution < -0.4 is 15.5 Å². The van der Waals surface area contributed by atoms with Crippen molar-refractivity contribution in [3.8, 4) is 5.88 Å². The van der Waals surface area contributed by atoms with Crippen LogP contribution in [0.1, 0.15) is 17.4 Å². The van der Waals surface area contributed by atoms with Crippen LogP contribution in [0.25, 0.3) is 5.57 Å². The Bertz CT molecular complexity index is 1170. The number of rotatable bonds is 4. The molecule has 27 heavy (non-hydrogen) atoms. The van der Waals surface area contributed by atoms with Crippen molar-refractivity contribution in [2.24, 2.45) is 4.99 Å². The van der Waals surface area contributed by atoms with Gasteiger partial charge in [-0.25, -0.2) is 4.99 Å². The van der Waals surface area contributed by atoms with Gasteiger partial charge in [0.05, 0.1) is 10.9 Å². The van der Waals surface area contributed by atoms with Gasteiger partial charge in [0, 0.05) is 23.0 Å². The molecule has 0 spiro atoms. The van der Waals surface area contributed by atoms with E-state index in [2.05, 4.69) is 16.9 Å². The van der Waals surface area contributed by atoms with E-state index in [1.165, 1.54) is 11.3 Å². The molecule has 1 amide bonds. The molecule has 1 aliphatic rings. The van der Waals surface area contributed by atoms with Crippen LogP contribution in [0.4, 0.5) is 10.8 Å². The topological polar surface area (TPSA) is 65.8 Å². The Hall–Kier alpha value is -2.70. The summed E-state index contributed by atoms with van der Waals surface area (Å²) in [6, 6.07) is 13.1. The first-order valence-corrected chi connectivity index (χ1v) is 9.63. The number of benzene rings is 2. The number of anilines is 2. The summed E-state index contributed by atoms with van der Waals surface area (Å²) in [7, 11) is 1.85. The average Bonchev–Trinajstić information content (AvgIpc) is 3.19. The summed E-state index contributed by atoms with van der Waals surface area (Å²) in [5.41, 5.74) is 2.39. The first kappa shape index (κ1) is 17.7. The zero-order valence-electron chi connectivity index (χ0n) is 14.7. The van der Waals surface area contributed by atoms with Gasteiger partial charge in [-0.2, -0.15) is 4.98 Å². The molecule has 0 saturated carbocycles. The molecule has 4 rings (SSSR count). The highest BCUT2D eigenvalue weighted by Gasteiger charge is 2.26. The van der Waals surface area contributed by atoms with Crippen LogP contribution in [0.3, 0.4) is 0 Å². The third-order valence-corrected chi connectivity index (χ3v) is 5.89. The molecule has 2 heterocycles. The van der Waals surface area contributed by atoms with Crippen molar-refractivity contribution < 1.29 is 9.90 Å². The van der Waals surface area contributed by atoms with Gasteiger partial charge in [0.15, 0.2) is 5.13 Å². The van der Waals surface area contributed by atoms with Crippen LogP contribution in [0.2, 0.25) is 5.02 Å². The highest BCUT2D eigenvalue weighted by Crippen LogP contribution is 2.37. The Morgan fingerprint density at radius 1 is 1.19 bits per heavy atom. The fourth-order valence-electron chi connectivity index (χ4n) is 2.98. The molecule has 3 aromatic rings. The minimum absolute atomic E-state index is 0.163. The quantitative estimate of drug-likeness (QED) is 0.734. The monoisotopic (exact) mass is 397 g/mol. The molecule has 1 aromatic heterocycles. The van der Waals surface area contributed by atoms with Crippen LogP contribution >= 0.6 is 22.9 Å². The highest BCUT2D eigenvalue weighted by molar-refractivity contribution is 7.17. The number of thiazole rings is 1. The number of nitrogens with zero attached hydrogens (tertiary/aromatic N) is 3. The van der Waals surface area contributed by atoms with E-state index in [-0.39, 0.29) is 11.8 Å². The largest absolute Gasteiger partial charge is 0.492 e. The lowest BCUT2D eigenvalue weighted by atomic mass is 10.1. The first-order valence-electron chi connectivity index (χ1n) is 8.43. The number of hydrogen-bond donors (Lipinski definition) is 1. The summed E-state index contributed by atoms with van der Waals surface area (Å²) >= 11 is 7.20. The van der Waals surface area contributed by atoms with Gasteiger partial charge >= 0.3 is 0 Å². The molecule has 1 N–H and O–H groups in total. The van der Waals surface area contributed by atoms with E-state index in [0.717, 1.165) is 22.9 Å². The Morgan fingerprint density at radius 2 is 1.93 bits per heavy atom. The van der Waals surface area contributed by atoms with Crippen molar-refractivity contribution in [3.05, 3.63) is 68.5 Å². The van der Waals surface area contributed by atoms with Crippen molar-refractivity contribution in [1.29, 1.82) is 0 Å². The second kappa shape index (κ2) is 6.79. The van der Waals surface area contributed by atoms with Gasteiger partial charge in [0.25, 0.3) is 5.91 Å². The van der Waals surface area contributed by atoms with E-state index in [1.54, 1.807) is 12.1 Å². The lowest BCUT2D eigenvalue weighted by Gasteiger charge is -2.15. The fraction of sp³-hybridized carbons (Fsp3) is 0.150. The summed E-state index contributed by atoms with van der Waals surface area (Å²) in [5.74, 6) is -0.512. The molecule has 2 aromatic carbocycles. The van der Waals surface area contributed by atoms with Crippen molar-refractivity contribution in [2.75, 3.05) is 11.9 Å². The van der Waals surface area contributed by atoms with Gasteiger partial charge in [-0.3, -0.25) is 4.79 Å². The third kappa shape index (κ3) is 3.11. The molecule has 0 fully saturated rings. The predicted molar refractivity (Wildman–Crippen MR) is 107 cm³/mol. The van der Waals surface area contributed by atoms with Crippen LogP contribution in [0.5, 0.6) is 5.88 Å². The standard InChI is InChI=1S/C20H16ClN3O2S/c1-3-11-4-9-15-14(10-11)16(18(25)22-15)17-19(26)23-20(27-17)24(2)13-7-5-12(21)6-8-13/h4-10,26H,3H2,1-2H3. The second-order valence-electron chi connectivity index (χ2n) is 6.18. The maximum Gasteiger partial charge on any atom is 0.279 e. The highest BCUT2D eigenvalue weighted by atomic mass is 35.5. The second-order valence-corrected chi connectivity index (χ2v) is 7.60. The molecule has 0 atom stereocenters. The average molecular weight is 398 g/mol. The van der Waals surface area contributed by atoms with E-state index in [4.69, 9.17) is 11.6 Å². The van der Waals surface area contributed by atoms with Crippen LogP contribution in [-0.2, 0) is 11.2 Å². The first-order chi connectivity index (χ1) is 13.0. The molecular weight excluding hydrogens is 382 g/mol. The van der Waals surface area contributed by atoms with Crippen molar-refractivity contribution in [3.63, 3.8) is 0 Å². The lowest BCUT2D eigenvalue weighted by molar-refractivity contribution is -0.112. The molecule has 5 nitrogen and oxygen atoms in total. The molecule has 0 aliphatic carbocycles. The zero-order valence-corrected chi connectivity index (χ0v) is 16.3. The van der Waals surface area contributed by atoms with Gasteiger partial charge in [0.2, 0.25) is 5.88 Å². The Kier molecular flexibility index (Phi) is 4.45. The summed E-state index contributed by atoms with van der Waals surface area (Å²) in [6.07, 6.45) is 0.855. The van der Waals surface area contributed by atoms with E-state index in [0.29, 0.717) is 26.0 Å². The Labute approximate surface area is 164 Å². The maximum atomic E-state index is 12.5. The van der Waals surface area contributed by atoms with E-state index in [9.17, 15) is 9.90 Å². The fourth-order valence-corrected chi connectivity index (χ4v) is 4.10. The van der Waals surface area contributed by atoms with Crippen LogP contribution in [0, 0.1) is 0 Å². The molecule has 1 aliphatic heterocycles. The van der Waals surface area contributed by atoms with E-state index in [1.807, 2.05) is 42.3 Å². The Morgan fingerprint density at radius 3 is 2.63 bits per heavy atom.